The van der Waals surface area contributed by atoms with E-state index in [0.717, 1.165) is 18.0 Å². The van der Waals surface area contributed by atoms with Gasteiger partial charge >= 0.3 is 0 Å². The van der Waals surface area contributed by atoms with Crippen LogP contribution in [-0.2, 0) is 0 Å². The Labute approximate surface area is 123 Å². The van der Waals surface area contributed by atoms with Gasteiger partial charge in [-0.05, 0) is 45.2 Å². The SMILES string of the molecule is Cc1ccc(C(O)C(C)N(C)CC2CCCCC2)cc1. The minimum atomic E-state index is -0.399. The van der Waals surface area contributed by atoms with Gasteiger partial charge < -0.3 is 10.0 Å². The third-order valence-electron chi connectivity index (χ3n) is 4.84. The first-order valence-electron chi connectivity index (χ1n) is 8.03. The van der Waals surface area contributed by atoms with Crippen molar-refractivity contribution in [2.45, 2.75) is 58.1 Å². The molecule has 2 nitrogen and oxygen atoms in total. The Morgan fingerprint density at radius 3 is 2.35 bits per heavy atom. The van der Waals surface area contributed by atoms with Gasteiger partial charge in [0.2, 0.25) is 0 Å². The van der Waals surface area contributed by atoms with Crippen LogP contribution < -0.4 is 0 Å². The molecule has 0 radical (unpaired) electrons. The molecule has 20 heavy (non-hydrogen) atoms. The number of aliphatic hydroxyl groups excluding tert-OH is 1. The summed E-state index contributed by atoms with van der Waals surface area (Å²) in [5.74, 6) is 0.821. The molecule has 1 aromatic rings. The third-order valence-corrected chi connectivity index (χ3v) is 4.84. The summed E-state index contributed by atoms with van der Waals surface area (Å²) in [6, 6.07) is 8.41. The molecule has 1 saturated carbocycles. The van der Waals surface area contributed by atoms with Crippen LogP contribution in [0.15, 0.2) is 24.3 Å². The second-order valence-electron chi connectivity index (χ2n) is 6.54. The van der Waals surface area contributed by atoms with Crippen molar-refractivity contribution in [3.8, 4) is 0 Å². The van der Waals surface area contributed by atoms with Gasteiger partial charge in [0.05, 0.1) is 6.10 Å². The summed E-state index contributed by atoms with van der Waals surface area (Å²) in [6.07, 6.45) is 6.49. The van der Waals surface area contributed by atoms with Gasteiger partial charge in [0, 0.05) is 12.6 Å². The predicted molar refractivity (Wildman–Crippen MR) is 84.8 cm³/mol. The number of nitrogens with zero attached hydrogens (tertiary/aromatic N) is 1. The molecule has 0 heterocycles. The monoisotopic (exact) mass is 275 g/mol. The number of likely N-dealkylation sites (N-methyl/N-ethyl adjacent to an activating group) is 1. The lowest BCUT2D eigenvalue weighted by molar-refractivity contribution is 0.0604. The number of hydrogen-bond donors (Lipinski definition) is 1. The van der Waals surface area contributed by atoms with Gasteiger partial charge in [0.15, 0.2) is 0 Å². The molecule has 2 rings (SSSR count). The minimum absolute atomic E-state index is 0.166. The van der Waals surface area contributed by atoms with E-state index in [2.05, 4.69) is 37.9 Å². The molecule has 0 amide bonds. The average molecular weight is 275 g/mol. The summed E-state index contributed by atoms with van der Waals surface area (Å²) in [4.78, 5) is 2.33. The van der Waals surface area contributed by atoms with Crippen LogP contribution in [0.4, 0.5) is 0 Å². The Kier molecular flexibility index (Phi) is 5.62. The van der Waals surface area contributed by atoms with Crippen LogP contribution in [0, 0.1) is 12.8 Å². The highest BCUT2D eigenvalue weighted by atomic mass is 16.3. The number of benzene rings is 1. The highest BCUT2D eigenvalue weighted by molar-refractivity contribution is 5.23. The Morgan fingerprint density at radius 2 is 1.75 bits per heavy atom. The standard InChI is InChI=1S/C18H29NO/c1-14-9-11-17(12-10-14)18(20)15(2)19(3)13-16-7-5-4-6-8-16/h9-12,15-16,18,20H,4-8,13H2,1-3H3. The Bertz CT molecular complexity index is 394. The molecule has 0 aliphatic heterocycles. The Hall–Kier alpha value is -0.860. The van der Waals surface area contributed by atoms with Gasteiger partial charge in [-0.15, -0.1) is 0 Å². The summed E-state index contributed by atoms with van der Waals surface area (Å²) in [7, 11) is 2.15. The molecule has 0 aromatic heterocycles. The van der Waals surface area contributed by atoms with Crippen LogP contribution in [0.3, 0.4) is 0 Å². The van der Waals surface area contributed by atoms with Crippen molar-refractivity contribution in [2.75, 3.05) is 13.6 Å². The van der Waals surface area contributed by atoms with Gasteiger partial charge in [0.25, 0.3) is 0 Å². The molecular formula is C18H29NO. The van der Waals surface area contributed by atoms with E-state index in [4.69, 9.17) is 0 Å². The molecule has 2 unspecified atom stereocenters. The fourth-order valence-electron chi connectivity index (χ4n) is 3.23. The van der Waals surface area contributed by atoms with E-state index in [9.17, 15) is 5.11 Å². The van der Waals surface area contributed by atoms with Crippen molar-refractivity contribution >= 4 is 0 Å². The van der Waals surface area contributed by atoms with Crippen molar-refractivity contribution in [3.63, 3.8) is 0 Å². The van der Waals surface area contributed by atoms with Crippen LogP contribution in [0.1, 0.15) is 56.3 Å². The van der Waals surface area contributed by atoms with Crippen molar-refractivity contribution in [3.05, 3.63) is 35.4 Å². The number of aliphatic hydroxyl groups is 1. The first-order chi connectivity index (χ1) is 9.58. The molecular weight excluding hydrogens is 246 g/mol. The van der Waals surface area contributed by atoms with Crippen LogP contribution >= 0.6 is 0 Å². The van der Waals surface area contributed by atoms with Crippen molar-refractivity contribution in [2.24, 2.45) is 5.92 Å². The van der Waals surface area contributed by atoms with Crippen molar-refractivity contribution in [1.29, 1.82) is 0 Å². The zero-order valence-corrected chi connectivity index (χ0v) is 13.2. The maximum atomic E-state index is 10.5. The highest BCUT2D eigenvalue weighted by Gasteiger charge is 2.23. The molecule has 112 valence electrons. The summed E-state index contributed by atoms with van der Waals surface area (Å²) < 4.78 is 0. The fourth-order valence-corrected chi connectivity index (χ4v) is 3.23. The minimum Gasteiger partial charge on any atom is -0.387 e. The van der Waals surface area contributed by atoms with E-state index in [1.165, 1.54) is 37.7 Å². The van der Waals surface area contributed by atoms with Crippen LogP contribution in [0.25, 0.3) is 0 Å². The molecule has 0 spiro atoms. The summed E-state index contributed by atoms with van der Waals surface area (Å²) in [5.41, 5.74) is 2.27. The van der Waals surface area contributed by atoms with Crippen LogP contribution in [0.5, 0.6) is 0 Å². The highest BCUT2D eigenvalue weighted by Crippen LogP contribution is 2.27. The zero-order chi connectivity index (χ0) is 14.5. The van der Waals surface area contributed by atoms with E-state index in [-0.39, 0.29) is 6.04 Å². The van der Waals surface area contributed by atoms with E-state index in [0.29, 0.717) is 0 Å². The zero-order valence-electron chi connectivity index (χ0n) is 13.2. The van der Waals surface area contributed by atoms with Gasteiger partial charge in [-0.25, -0.2) is 0 Å². The first-order valence-corrected chi connectivity index (χ1v) is 8.03. The van der Waals surface area contributed by atoms with Gasteiger partial charge in [0.1, 0.15) is 0 Å². The molecule has 1 N–H and O–H groups in total. The Balaban J connectivity index is 1.91. The summed E-state index contributed by atoms with van der Waals surface area (Å²) >= 11 is 0. The summed E-state index contributed by atoms with van der Waals surface area (Å²) in [6.45, 7) is 5.33. The van der Waals surface area contributed by atoms with E-state index >= 15 is 0 Å². The van der Waals surface area contributed by atoms with Crippen LogP contribution in [0.2, 0.25) is 0 Å². The van der Waals surface area contributed by atoms with Gasteiger partial charge in [-0.2, -0.15) is 0 Å². The largest absolute Gasteiger partial charge is 0.387 e. The van der Waals surface area contributed by atoms with Crippen LogP contribution in [-0.4, -0.2) is 29.6 Å². The molecule has 2 heteroatoms. The van der Waals surface area contributed by atoms with Gasteiger partial charge in [-0.1, -0.05) is 49.1 Å². The lowest BCUT2D eigenvalue weighted by Gasteiger charge is -2.33. The fraction of sp³-hybridized carbons (Fsp3) is 0.667. The maximum Gasteiger partial charge on any atom is 0.0942 e. The smallest absolute Gasteiger partial charge is 0.0942 e. The molecule has 2 atom stereocenters. The maximum absolute atomic E-state index is 10.5. The topological polar surface area (TPSA) is 23.5 Å². The van der Waals surface area contributed by atoms with E-state index in [1.54, 1.807) is 0 Å². The number of rotatable bonds is 5. The van der Waals surface area contributed by atoms with E-state index in [1.807, 2.05) is 12.1 Å². The molecule has 0 saturated heterocycles. The third kappa shape index (κ3) is 4.07. The van der Waals surface area contributed by atoms with Crippen molar-refractivity contribution < 1.29 is 5.11 Å². The average Bonchev–Trinajstić information content (AvgIpc) is 2.47. The lowest BCUT2D eigenvalue weighted by Crippen LogP contribution is -2.38. The predicted octanol–water partition coefficient (Wildman–Crippen LogP) is 3.93. The van der Waals surface area contributed by atoms with Crippen molar-refractivity contribution in [1.82, 2.24) is 4.90 Å². The molecule has 1 aromatic carbocycles. The quantitative estimate of drug-likeness (QED) is 0.880. The lowest BCUT2D eigenvalue weighted by atomic mass is 9.88. The Morgan fingerprint density at radius 1 is 1.15 bits per heavy atom. The molecule has 0 bridgehead atoms. The molecule has 1 aliphatic rings. The second-order valence-corrected chi connectivity index (χ2v) is 6.54. The normalized spacial score (nSPS) is 20.1. The molecule has 1 aliphatic carbocycles. The van der Waals surface area contributed by atoms with Gasteiger partial charge in [-0.3, -0.25) is 0 Å². The molecule has 1 fully saturated rings. The number of aryl methyl sites for hydroxylation is 1. The first kappa shape index (κ1) is 15.5. The second kappa shape index (κ2) is 7.24. The number of hydrogen-bond acceptors (Lipinski definition) is 2. The summed E-state index contributed by atoms with van der Waals surface area (Å²) in [5, 5.41) is 10.5. The van der Waals surface area contributed by atoms with E-state index < -0.39 is 6.10 Å².